The normalized spacial score (nSPS) is 10.4. The van der Waals surface area contributed by atoms with Crippen molar-refractivity contribution >= 4 is 33.3 Å². The van der Waals surface area contributed by atoms with Gasteiger partial charge in [-0.15, -0.1) is 0 Å². The maximum absolute atomic E-state index is 12.3. The van der Waals surface area contributed by atoms with E-state index in [1.807, 2.05) is 44.2 Å². The Balaban J connectivity index is 1.56. The van der Waals surface area contributed by atoms with Crippen LogP contribution in [-0.4, -0.2) is 18.3 Å². The number of benzene rings is 3. The lowest BCUT2D eigenvalue weighted by Gasteiger charge is -2.09. The number of carbonyl (C=O) groups is 2. The van der Waals surface area contributed by atoms with E-state index in [-0.39, 0.29) is 18.3 Å². The SMILES string of the molecule is Cc1ccc(C(=O)COc2ccc(NC(=O)c3ccc(Br)cc3)cc2)cc1C. The van der Waals surface area contributed by atoms with Crippen LogP contribution < -0.4 is 10.1 Å². The highest BCUT2D eigenvalue weighted by Crippen LogP contribution is 2.18. The predicted octanol–water partition coefficient (Wildman–Crippen LogP) is 5.58. The molecule has 0 heterocycles. The van der Waals surface area contributed by atoms with Gasteiger partial charge in [0.1, 0.15) is 5.75 Å². The number of ketones is 1. The summed E-state index contributed by atoms with van der Waals surface area (Å²) in [5.74, 6) is 0.306. The van der Waals surface area contributed by atoms with E-state index < -0.39 is 0 Å². The van der Waals surface area contributed by atoms with Gasteiger partial charge in [-0.1, -0.05) is 28.1 Å². The highest BCUT2D eigenvalue weighted by Gasteiger charge is 2.09. The zero-order valence-electron chi connectivity index (χ0n) is 15.7. The molecule has 0 atom stereocenters. The molecule has 4 nitrogen and oxygen atoms in total. The van der Waals surface area contributed by atoms with E-state index in [1.54, 1.807) is 36.4 Å². The molecule has 1 N–H and O–H groups in total. The van der Waals surface area contributed by atoms with Crippen molar-refractivity contribution in [3.63, 3.8) is 0 Å². The van der Waals surface area contributed by atoms with Gasteiger partial charge in [0.05, 0.1) is 0 Å². The maximum atomic E-state index is 12.3. The third kappa shape index (κ3) is 5.08. The summed E-state index contributed by atoms with van der Waals surface area (Å²) in [5, 5.41) is 2.83. The summed E-state index contributed by atoms with van der Waals surface area (Å²) in [5.41, 5.74) is 4.10. The second kappa shape index (κ2) is 8.85. The molecule has 5 heteroatoms. The summed E-state index contributed by atoms with van der Waals surface area (Å²) in [6.07, 6.45) is 0. The molecule has 142 valence electrons. The first-order valence-corrected chi connectivity index (χ1v) is 9.62. The second-order valence-corrected chi connectivity index (χ2v) is 7.41. The third-order valence-electron chi connectivity index (χ3n) is 4.42. The van der Waals surface area contributed by atoms with E-state index in [0.717, 1.165) is 15.6 Å². The first-order chi connectivity index (χ1) is 13.4. The van der Waals surface area contributed by atoms with Crippen LogP contribution in [0.3, 0.4) is 0 Å². The standard InChI is InChI=1S/C23H20BrNO3/c1-15-3-4-18(13-16(15)2)22(26)14-28-21-11-9-20(10-12-21)25-23(27)17-5-7-19(24)8-6-17/h3-13H,14H2,1-2H3,(H,25,27). The fourth-order valence-electron chi connectivity index (χ4n) is 2.59. The summed E-state index contributed by atoms with van der Waals surface area (Å²) >= 11 is 3.35. The number of amides is 1. The van der Waals surface area contributed by atoms with Crippen LogP contribution in [0.25, 0.3) is 0 Å². The highest BCUT2D eigenvalue weighted by molar-refractivity contribution is 9.10. The summed E-state index contributed by atoms with van der Waals surface area (Å²) in [4.78, 5) is 24.5. The highest BCUT2D eigenvalue weighted by atomic mass is 79.9. The van der Waals surface area contributed by atoms with Gasteiger partial charge < -0.3 is 10.1 Å². The number of aryl methyl sites for hydroxylation is 2. The van der Waals surface area contributed by atoms with Crippen LogP contribution in [0, 0.1) is 13.8 Å². The molecule has 3 aromatic carbocycles. The molecule has 3 rings (SSSR count). The van der Waals surface area contributed by atoms with E-state index >= 15 is 0 Å². The molecule has 0 fully saturated rings. The Kier molecular flexibility index (Phi) is 6.26. The van der Waals surface area contributed by atoms with Crippen LogP contribution in [0.5, 0.6) is 5.75 Å². The molecule has 0 unspecified atom stereocenters. The molecule has 0 aromatic heterocycles. The van der Waals surface area contributed by atoms with Crippen molar-refractivity contribution < 1.29 is 14.3 Å². The van der Waals surface area contributed by atoms with E-state index in [2.05, 4.69) is 21.2 Å². The second-order valence-electron chi connectivity index (χ2n) is 6.50. The topological polar surface area (TPSA) is 55.4 Å². The average molecular weight is 438 g/mol. The number of Topliss-reactive ketones (excluding diaryl/α,β-unsaturated/α-hetero) is 1. The molecule has 0 saturated heterocycles. The average Bonchev–Trinajstić information content (AvgIpc) is 2.69. The Morgan fingerprint density at radius 2 is 1.50 bits per heavy atom. The van der Waals surface area contributed by atoms with Crippen molar-refractivity contribution in [3.8, 4) is 5.75 Å². The molecule has 0 saturated carbocycles. The van der Waals surface area contributed by atoms with Crippen LogP contribution in [0.15, 0.2) is 71.2 Å². The van der Waals surface area contributed by atoms with Crippen molar-refractivity contribution in [1.82, 2.24) is 0 Å². The molecule has 1 amide bonds. The zero-order chi connectivity index (χ0) is 20.1. The Morgan fingerprint density at radius 3 is 2.14 bits per heavy atom. The summed E-state index contributed by atoms with van der Waals surface area (Å²) in [6, 6.07) is 19.7. The molecule has 0 aliphatic carbocycles. The Morgan fingerprint density at radius 1 is 0.857 bits per heavy atom. The van der Waals surface area contributed by atoms with E-state index in [4.69, 9.17) is 4.74 Å². The quantitative estimate of drug-likeness (QED) is 0.512. The first kappa shape index (κ1) is 19.8. The molecule has 3 aromatic rings. The number of anilines is 1. The first-order valence-electron chi connectivity index (χ1n) is 8.82. The number of halogens is 1. The number of nitrogens with one attached hydrogen (secondary N) is 1. The lowest BCUT2D eigenvalue weighted by atomic mass is 10.0. The van der Waals surface area contributed by atoms with Crippen LogP contribution in [0.4, 0.5) is 5.69 Å². The van der Waals surface area contributed by atoms with E-state index in [9.17, 15) is 9.59 Å². The minimum atomic E-state index is -0.189. The van der Waals surface area contributed by atoms with Gasteiger partial charge in [-0.05, 0) is 79.6 Å². The summed E-state index contributed by atoms with van der Waals surface area (Å²) in [7, 11) is 0. The van der Waals surface area contributed by atoms with Crippen molar-refractivity contribution in [2.24, 2.45) is 0 Å². The van der Waals surface area contributed by atoms with Gasteiger partial charge in [0.15, 0.2) is 12.4 Å². The number of rotatable bonds is 6. The van der Waals surface area contributed by atoms with E-state index in [0.29, 0.717) is 22.6 Å². The molecule has 0 aliphatic rings. The summed E-state index contributed by atoms with van der Waals surface area (Å²) < 4.78 is 6.50. The van der Waals surface area contributed by atoms with Crippen molar-refractivity contribution in [1.29, 1.82) is 0 Å². The third-order valence-corrected chi connectivity index (χ3v) is 4.95. The molecular formula is C23H20BrNO3. The molecule has 0 spiro atoms. The molecule has 0 aliphatic heterocycles. The number of hydrogen-bond donors (Lipinski definition) is 1. The molecule has 0 radical (unpaired) electrons. The summed E-state index contributed by atoms with van der Waals surface area (Å²) in [6.45, 7) is 3.96. The van der Waals surface area contributed by atoms with Gasteiger partial charge in [-0.2, -0.15) is 0 Å². The van der Waals surface area contributed by atoms with Crippen LogP contribution >= 0.6 is 15.9 Å². The number of ether oxygens (including phenoxy) is 1. The monoisotopic (exact) mass is 437 g/mol. The predicted molar refractivity (Wildman–Crippen MR) is 114 cm³/mol. The minimum absolute atomic E-state index is 0.0346. The fourth-order valence-corrected chi connectivity index (χ4v) is 2.85. The largest absolute Gasteiger partial charge is 0.485 e. The van der Waals surface area contributed by atoms with Gasteiger partial charge in [-0.3, -0.25) is 9.59 Å². The Hall–Kier alpha value is -2.92. The zero-order valence-corrected chi connectivity index (χ0v) is 17.2. The fraction of sp³-hybridized carbons (Fsp3) is 0.130. The minimum Gasteiger partial charge on any atom is -0.485 e. The smallest absolute Gasteiger partial charge is 0.255 e. The van der Waals surface area contributed by atoms with Gasteiger partial charge in [0.2, 0.25) is 0 Å². The van der Waals surface area contributed by atoms with Crippen LogP contribution in [0.2, 0.25) is 0 Å². The molecule has 28 heavy (non-hydrogen) atoms. The lowest BCUT2D eigenvalue weighted by molar-refractivity contribution is 0.0921. The van der Waals surface area contributed by atoms with Crippen molar-refractivity contribution in [3.05, 3.63) is 93.5 Å². The Bertz CT molecular complexity index is 995. The lowest BCUT2D eigenvalue weighted by Crippen LogP contribution is -2.13. The maximum Gasteiger partial charge on any atom is 0.255 e. The molecular weight excluding hydrogens is 418 g/mol. The van der Waals surface area contributed by atoms with Gasteiger partial charge >= 0.3 is 0 Å². The van der Waals surface area contributed by atoms with Crippen molar-refractivity contribution in [2.45, 2.75) is 13.8 Å². The van der Waals surface area contributed by atoms with Gasteiger partial charge in [0.25, 0.3) is 5.91 Å². The Labute approximate surface area is 172 Å². The number of carbonyl (C=O) groups excluding carboxylic acids is 2. The van der Waals surface area contributed by atoms with Gasteiger partial charge in [-0.25, -0.2) is 0 Å². The van der Waals surface area contributed by atoms with Gasteiger partial charge in [0, 0.05) is 21.3 Å². The van der Waals surface area contributed by atoms with Crippen LogP contribution in [0.1, 0.15) is 31.8 Å². The van der Waals surface area contributed by atoms with E-state index in [1.165, 1.54) is 0 Å². The number of hydrogen-bond acceptors (Lipinski definition) is 3. The van der Waals surface area contributed by atoms with Crippen molar-refractivity contribution in [2.75, 3.05) is 11.9 Å². The molecule has 0 bridgehead atoms. The van der Waals surface area contributed by atoms with Crippen LogP contribution in [-0.2, 0) is 0 Å².